The minimum absolute atomic E-state index is 0.0850. The molecule has 1 nitrogen and oxygen atoms in total. The van der Waals surface area contributed by atoms with Crippen molar-refractivity contribution >= 4 is 11.6 Å². The van der Waals surface area contributed by atoms with Crippen molar-refractivity contribution in [3.63, 3.8) is 0 Å². The highest BCUT2D eigenvalue weighted by atomic mass is 35.5. The summed E-state index contributed by atoms with van der Waals surface area (Å²) in [5.74, 6) is -0.373. The molecule has 0 aliphatic heterocycles. The summed E-state index contributed by atoms with van der Waals surface area (Å²) in [5, 5.41) is 9.42. The first-order valence-corrected chi connectivity index (χ1v) is 4.62. The van der Waals surface area contributed by atoms with Crippen LogP contribution in [-0.2, 0) is 0 Å². The van der Waals surface area contributed by atoms with E-state index in [1.807, 2.05) is 6.07 Å². The molecule has 1 aliphatic rings. The van der Waals surface area contributed by atoms with Gasteiger partial charge >= 0.3 is 0 Å². The quantitative estimate of drug-likeness (QED) is 0.777. The second-order valence-corrected chi connectivity index (χ2v) is 3.81. The smallest absolute Gasteiger partial charge is 0.113 e. The Kier molecular flexibility index (Phi) is 2.26. The maximum Gasteiger partial charge on any atom is 0.113 e. The van der Waals surface area contributed by atoms with Gasteiger partial charge in [-0.25, -0.2) is 4.39 Å². The average molecular weight is 201 g/mol. The van der Waals surface area contributed by atoms with E-state index in [2.05, 4.69) is 0 Å². The predicted molar refractivity (Wildman–Crippen MR) is 49.7 cm³/mol. The molecule has 0 spiro atoms. The monoisotopic (exact) mass is 200 g/mol. The van der Waals surface area contributed by atoms with E-state index in [0.29, 0.717) is 5.02 Å². The molecule has 0 amide bonds. The van der Waals surface area contributed by atoms with Crippen LogP contribution in [-0.4, -0.2) is 17.9 Å². The van der Waals surface area contributed by atoms with Crippen LogP contribution in [0.2, 0.25) is 5.02 Å². The average Bonchev–Trinajstić information content (AvgIpc) is 2.76. The van der Waals surface area contributed by atoms with E-state index in [4.69, 9.17) is 16.7 Å². The van der Waals surface area contributed by atoms with Crippen LogP contribution >= 0.6 is 11.6 Å². The van der Waals surface area contributed by atoms with Gasteiger partial charge in [0.2, 0.25) is 0 Å². The van der Waals surface area contributed by atoms with Gasteiger partial charge in [-0.1, -0.05) is 23.7 Å². The molecule has 0 bridgehead atoms. The highest BCUT2D eigenvalue weighted by Crippen LogP contribution is 2.50. The summed E-state index contributed by atoms with van der Waals surface area (Å²) in [4.78, 5) is 0. The Balaban J connectivity index is 2.19. The van der Waals surface area contributed by atoms with E-state index >= 15 is 0 Å². The van der Waals surface area contributed by atoms with Crippen LogP contribution < -0.4 is 0 Å². The number of halogens is 2. The van der Waals surface area contributed by atoms with Gasteiger partial charge in [0.25, 0.3) is 0 Å². The van der Waals surface area contributed by atoms with Crippen LogP contribution in [0.15, 0.2) is 24.3 Å². The van der Waals surface area contributed by atoms with Crippen molar-refractivity contribution in [3.05, 3.63) is 34.9 Å². The summed E-state index contributed by atoms with van der Waals surface area (Å²) in [6.07, 6.45) is -0.900. The molecule has 2 rings (SSSR count). The van der Waals surface area contributed by atoms with Gasteiger partial charge in [-0.3, -0.25) is 0 Å². The molecule has 1 aromatic carbocycles. The molecule has 1 aliphatic carbocycles. The zero-order valence-corrected chi connectivity index (χ0v) is 7.71. The second kappa shape index (κ2) is 3.28. The van der Waals surface area contributed by atoms with Crippen LogP contribution in [0.3, 0.4) is 0 Å². The number of benzene rings is 1. The first kappa shape index (κ1) is 8.97. The largest absolute Gasteiger partial charge is 0.396 e. The lowest BCUT2D eigenvalue weighted by atomic mass is 10.1. The molecule has 3 atom stereocenters. The van der Waals surface area contributed by atoms with E-state index in [1.165, 1.54) is 0 Å². The molecule has 0 radical (unpaired) electrons. The van der Waals surface area contributed by atoms with Gasteiger partial charge < -0.3 is 5.11 Å². The van der Waals surface area contributed by atoms with Crippen molar-refractivity contribution in [3.8, 4) is 0 Å². The van der Waals surface area contributed by atoms with Gasteiger partial charge in [-0.2, -0.15) is 0 Å². The molecule has 13 heavy (non-hydrogen) atoms. The van der Waals surface area contributed by atoms with Gasteiger partial charge in [0.05, 0.1) is 0 Å². The van der Waals surface area contributed by atoms with Crippen molar-refractivity contribution in [1.82, 2.24) is 0 Å². The third kappa shape index (κ3) is 1.56. The molecule has 0 saturated heterocycles. The summed E-state index contributed by atoms with van der Waals surface area (Å²) in [6.45, 7) is -0.0850. The Morgan fingerprint density at radius 3 is 2.77 bits per heavy atom. The standard InChI is InChI=1S/C10H10ClFO/c11-7-3-1-2-6(4-7)9-8(5-13)10(9)12/h1-4,8-10,13H,5H2/t8-,9-,10?/m1/s1. The topological polar surface area (TPSA) is 20.2 Å². The molecule has 1 fully saturated rings. The summed E-state index contributed by atoms with van der Waals surface area (Å²) in [5.41, 5.74) is 0.888. The predicted octanol–water partition coefficient (Wildman–Crippen LogP) is 2.38. The van der Waals surface area contributed by atoms with Crippen LogP contribution in [0, 0.1) is 5.92 Å². The highest BCUT2D eigenvalue weighted by Gasteiger charge is 2.51. The third-order valence-corrected chi connectivity index (χ3v) is 2.75. The van der Waals surface area contributed by atoms with Crippen LogP contribution in [0.1, 0.15) is 11.5 Å². The molecule has 1 aromatic rings. The van der Waals surface area contributed by atoms with Gasteiger partial charge in [-0.15, -0.1) is 0 Å². The molecule has 1 unspecified atom stereocenters. The number of aliphatic hydroxyl groups is 1. The lowest BCUT2D eigenvalue weighted by Gasteiger charge is -1.98. The second-order valence-electron chi connectivity index (χ2n) is 3.37. The van der Waals surface area contributed by atoms with Crippen LogP contribution in [0.25, 0.3) is 0 Å². The molecule has 1 saturated carbocycles. The molecule has 3 heteroatoms. The van der Waals surface area contributed by atoms with Crippen molar-refractivity contribution in [2.75, 3.05) is 6.61 Å². The molecular formula is C10H10ClFO. The first-order chi connectivity index (χ1) is 6.24. The van der Waals surface area contributed by atoms with E-state index in [1.54, 1.807) is 18.2 Å². The zero-order chi connectivity index (χ0) is 9.42. The summed E-state index contributed by atoms with van der Waals surface area (Å²) < 4.78 is 13.1. The van der Waals surface area contributed by atoms with Crippen LogP contribution in [0.4, 0.5) is 4.39 Å². The van der Waals surface area contributed by atoms with E-state index < -0.39 is 6.17 Å². The Morgan fingerprint density at radius 1 is 1.46 bits per heavy atom. The maximum absolute atomic E-state index is 13.1. The Hall–Kier alpha value is -0.600. The number of alkyl halides is 1. The summed E-state index contributed by atoms with van der Waals surface area (Å²) in [6, 6.07) is 7.17. The summed E-state index contributed by atoms with van der Waals surface area (Å²) in [7, 11) is 0. The number of rotatable bonds is 2. The maximum atomic E-state index is 13.1. The van der Waals surface area contributed by atoms with E-state index in [0.717, 1.165) is 5.56 Å². The molecule has 70 valence electrons. The van der Waals surface area contributed by atoms with Gasteiger partial charge in [0, 0.05) is 23.5 Å². The fourth-order valence-corrected chi connectivity index (χ4v) is 1.89. The minimum atomic E-state index is -0.900. The highest BCUT2D eigenvalue weighted by molar-refractivity contribution is 6.30. The fraction of sp³-hybridized carbons (Fsp3) is 0.400. The van der Waals surface area contributed by atoms with E-state index in [9.17, 15) is 4.39 Å². The lowest BCUT2D eigenvalue weighted by Crippen LogP contribution is -1.88. The zero-order valence-electron chi connectivity index (χ0n) is 6.95. The van der Waals surface area contributed by atoms with Crippen molar-refractivity contribution in [2.45, 2.75) is 12.1 Å². The Morgan fingerprint density at radius 2 is 2.23 bits per heavy atom. The van der Waals surface area contributed by atoms with Gasteiger partial charge in [0.15, 0.2) is 0 Å². The Bertz CT molecular complexity index is 316. The molecule has 0 heterocycles. The number of aliphatic hydroxyl groups excluding tert-OH is 1. The third-order valence-electron chi connectivity index (χ3n) is 2.52. The molecule has 1 N–H and O–H groups in total. The van der Waals surface area contributed by atoms with Crippen LogP contribution in [0.5, 0.6) is 0 Å². The first-order valence-electron chi connectivity index (χ1n) is 4.24. The number of hydrogen-bond acceptors (Lipinski definition) is 1. The van der Waals surface area contributed by atoms with Gasteiger partial charge in [0.1, 0.15) is 6.17 Å². The normalized spacial score (nSPS) is 31.8. The molecular weight excluding hydrogens is 191 g/mol. The Labute approximate surface area is 81.1 Å². The van der Waals surface area contributed by atoms with Crippen molar-refractivity contribution in [2.24, 2.45) is 5.92 Å². The van der Waals surface area contributed by atoms with Gasteiger partial charge in [-0.05, 0) is 17.7 Å². The van der Waals surface area contributed by atoms with E-state index in [-0.39, 0.29) is 18.4 Å². The molecule has 0 aromatic heterocycles. The van der Waals surface area contributed by atoms with Crippen molar-refractivity contribution in [1.29, 1.82) is 0 Å². The minimum Gasteiger partial charge on any atom is -0.396 e. The summed E-state index contributed by atoms with van der Waals surface area (Å²) >= 11 is 5.77. The lowest BCUT2D eigenvalue weighted by molar-refractivity contribution is 0.257. The fourth-order valence-electron chi connectivity index (χ4n) is 1.69. The SMILES string of the molecule is OC[C@H]1C(F)[C@@H]1c1cccc(Cl)c1. The van der Waals surface area contributed by atoms with Crippen molar-refractivity contribution < 1.29 is 9.50 Å². The number of hydrogen-bond donors (Lipinski definition) is 1.